The molecule has 2 unspecified atom stereocenters. The van der Waals surface area contributed by atoms with E-state index >= 15 is 0 Å². The topological polar surface area (TPSA) is 66.5 Å². The molecule has 100 valence electrons. The zero-order chi connectivity index (χ0) is 13.6. The van der Waals surface area contributed by atoms with Crippen LogP contribution in [0.5, 0.6) is 0 Å². The van der Waals surface area contributed by atoms with Gasteiger partial charge < -0.3 is 0 Å². The molecule has 3 rings (SSSR count). The van der Waals surface area contributed by atoms with Gasteiger partial charge in [0.2, 0.25) is 5.91 Å². The first-order valence-electron chi connectivity index (χ1n) is 6.24. The van der Waals surface area contributed by atoms with Crippen molar-refractivity contribution in [3.8, 4) is 0 Å². The second-order valence-electron chi connectivity index (χ2n) is 5.04. The summed E-state index contributed by atoms with van der Waals surface area (Å²) in [5, 5.41) is 1.97. The highest BCUT2D eigenvalue weighted by molar-refractivity contribution is 6.06. The lowest BCUT2D eigenvalue weighted by atomic mass is 9.95. The van der Waals surface area contributed by atoms with E-state index in [1.54, 1.807) is 12.2 Å². The first-order valence-corrected chi connectivity index (χ1v) is 6.24. The molecule has 0 radical (unpaired) electrons. The van der Waals surface area contributed by atoms with Crippen molar-refractivity contribution in [2.45, 2.75) is 25.1 Å². The fraction of sp³-hybridized carbons (Fsp3) is 0.462. The Morgan fingerprint density at radius 1 is 1.37 bits per heavy atom. The second-order valence-corrected chi connectivity index (χ2v) is 5.04. The summed E-state index contributed by atoms with van der Waals surface area (Å²) in [6.45, 7) is 0.188. The van der Waals surface area contributed by atoms with Gasteiger partial charge in [0.15, 0.2) is 0 Å². The second kappa shape index (κ2) is 4.01. The molecule has 0 aromatic rings. The molecule has 0 saturated carbocycles. The van der Waals surface area contributed by atoms with Crippen molar-refractivity contribution < 1.29 is 18.8 Å². The molecule has 2 atom stereocenters. The predicted molar refractivity (Wildman–Crippen MR) is 63.3 cm³/mol. The number of fused-ring (bicyclic) bond motifs is 1. The van der Waals surface area contributed by atoms with Gasteiger partial charge in [-0.2, -0.15) is 0 Å². The van der Waals surface area contributed by atoms with Crippen molar-refractivity contribution in [1.29, 1.82) is 0 Å². The van der Waals surface area contributed by atoms with E-state index in [1.165, 1.54) is 0 Å². The van der Waals surface area contributed by atoms with Gasteiger partial charge in [-0.1, -0.05) is 18.2 Å². The van der Waals surface area contributed by atoms with Crippen LogP contribution < -0.4 is 5.32 Å². The molecule has 2 fully saturated rings. The Morgan fingerprint density at radius 2 is 2.16 bits per heavy atom. The quantitative estimate of drug-likeness (QED) is 0.552. The van der Waals surface area contributed by atoms with Crippen molar-refractivity contribution in [3.05, 3.63) is 23.8 Å². The fourth-order valence-electron chi connectivity index (χ4n) is 2.80. The van der Waals surface area contributed by atoms with Gasteiger partial charge in [0.1, 0.15) is 0 Å². The number of carbonyl (C=O) groups is 3. The van der Waals surface area contributed by atoms with Gasteiger partial charge in [0.25, 0.3) is 17.6 Å². The van der Waals surface area contributed by atoms with Gasteiger partial charge in [-0.15, -0.1) is 0 Å². The molecule has 1 aliphatic carbocycles. The summed E-state index contributed by atoms with van der Waals surface area (Å²) >= 11 is 0. The molecular weight excluding hydrogens is 251 g/mol. The normalized spacial score (nSPS) is 34.2. The number of piperidine rings is 1. The van der Waals surface area contributed by atoms with E-state index in [0.717, 1.165) is 4.90 Å². The summed E-state index contributed by atoms with van der Waals surface area (Å²) in [5.41, 5.74) is 0.546. The maximum absolute atomic E-state index is 14.8. The molecule has 3 amide bonds. The molecule has 5 nitrogen and oxygen atoms in total. The lowest BCUT2D eigenvalue weighted by molar-refractivity contribution is -0.163. The van der Waals surface area contributed by atoms with Crippen LogP contribution in [0.4, 0.5) is 4.39 Å². The average Bonchev–Trinajstić information content (AvgIpc) is 2.73. The Morgan fingerprint density at radius 3 is 2.84 bits per heavy atom. The molecule has 2 saturated heterocycles. The number of nitrogens with zero attached hydrogens (tertiary/aromatic N) is 1. The number of hydrogen-bond donors (Lipinski definition) is 1. The van der Waals surface area contributed by atoms with Crippen molar-refractivity contribution in [3.63, 3.8) is 0 Å². The van der Waals surface area contributed by atoms with Crippen molar-refractivity contribution >= 4 is 17.7 Å². The minimum atomic E-state index is -2.40. The fourth-order valence-corrected chi connectivity index (χ4v) is 2.80. The molecule has 0 aromatic carbocycles. The standard InChI is InChI=1S/C13H13FN2O3/c14-13(6-5-10(17)15-12(13)19)16-7-8-3-1-2-4-9(8)11(16)18/h1-2,4,8H,3,5-7H2,(H,15,17,19). The minimum Gasteiger partial charge on any atom is -0.298 e. The summed E-state index contributed by atoms with van der Waals surface area (Å²) in [4.78, 5) is 36.0. The van der Waals surface area contributed by atoms with Crippen molar-refractivity contribution in [1.82, 2.24) is 10.2 Å². The Bertz CT molecular complexity index is 540. The number of hydrogen-bond acceptors (Lipinski definition) is 3. The molecule has 3 aliphatic rings. The summed E-state index contributed by atoms with van der Waals surface area (Å²) in [6, 6.07) is 0. The Kier molecular flexibility index (Phi) is 2.55. The van der Waals surface area contributed by atoms with Crippen LogP contribution in [-0.2, 0) is 14.4 Å². The van der Waals surface area contributed by atoms with Crippen LogP contribution in [0.25, 0.3) is 0 Å². The number of alkyl halides is 1. The SMILES string of the molecule is O=C1CCC(F)(N2CC3CC=CC=C3C2=O)C(=O)N1. The molecular formula is C13H13FN2O3. The monoisotopic (exact) mass is 264 g/mol. The number of nitrogens with one attached hydrogen (secondary N) is 1. The zero-order valence-electron chi connectivity index (χ0n) is 10.2. The van der Waals surface area contributed by atoms with E-state index in [0.29, 0.717) is 12.0 Å². The van der Waals surface area contributed by atoms with Gasteiger partial charge in [0, 0.05) is 30.9 Å². The third-order valence-corrected chi connectivity index (χ3v) is 3.88. The number of likely N-dealkylation sites (tertiary alicyclic amines) is 1. The molecule has 0 spiro atoms. The summed E-state index contributed by atoms with van der Waals surface area (Å²) in [5.74, 6) is -4.42. The van der Waals surface area contributed by atoms with E-state index in [4.69, 9.17) is 0 Å². The van der Waals surface area contributed by atoms with Crippen molar-refractivity contribution in [2.75, 3.05) is 6.54 Å². The first kappa shape index (κ1) is 12.1. The first-order chi connectivity index (χ1) is 9.02. The van der Waals surface area contributed by atoms with Crippen LogP contribution in [0, 0.1) is 5.92 Å². The summed E-state index contributed by atoms with van der Waals surface area (Å²) < 4.78 is 14.8. The summed E-state index contributed by atoms with van der Waals surface area (Å²) in [7, 11) is 0. The number of rotatable bonds is 1. The van der Waals surface area contributed by atoms with Crippen LogP contribution in [0.1, 0.15) is 19.3 Å². The van der Waals surface area contributed by atoms with E-state index in [2.05, 4.69) is 0 Å². The van der Waals surface area contributed by atoms with E-state index < -0.39 is 23.5 Å². The minimum absolute atomic E-state index is 0.0597. The Balaban J connectivity index is 1.89. The summed E-state index contributed by atoms with van der Waals surface area (Å²) in [6.07, 6.45) is 5.67. The molecule has 1 N–H and O–H groups in total. The Labute approximate surface area is 109 Å². The van der Waals surface area contributed by atoms with Gasteiger partial charge in [-0.3, -0.25) is 24.6 Å². The van der Waals surface area contributed by atoms with Gasteiger partial charge in [-0.05, 0) is 6.42 Å². The van der Waals surface area contributed by atoms with Gasteiger partial charge >= 0.3 is 0 Å². The smallest absolute Gasteiger partial charge is 0.285 e. The van der Waals surface area contributed by atoms with E-state index in [9.17, 15) is 18.8 Å². The lowest BCUT2D eigenvalue weighted by Crippen LogP contribution is -2.60. The maximum atomic E-state index is 14.8. The molecule has 0 bridgehead atoms. The number of carbonyl (C=O) groups excluding carboxylic acids is 3. The molecule has 2 aliphatic heterocycles. The number of halogens is 1. The van der Waals surface area contributed by atoms with E-state index in [1.807, 2.05) is 11.4 Å². The highest BCUT2D eigenvalue weighted by Crippen LogP contribution is 2.38. The highest BCUT2D eigenvalue weighted by Gasteiger charge is 2.54. The highest BCUT2D eigenvalue weighted by atomic mass is 19.1. The van der Waals surface area contributed by atoms with Crippen LogP contribution in [0.15, 0.2) is 23.8 Å². The number of amides is 3. The van der Waals surface area contributed by atoms with Gasteiger partial charge in [0.05, 0.1) is 0 Å². The van der Waals surface area contributed by atoms with Crippen LogP contribution in [0.3, 0.4) is 0 Å². The van der Waals surface area contributed by atoms with E-state index in [-0.39, 0.29) is 25.3 Å². The largest absolute Gasteiger partial charge is 0.298 e. The van der Waals surface area contributed by atoms with Gasteiger partial charge in [-0.25, -0.2) is 4.39 Å². The molecule has 2 heterocycles. The lowest BCUT2D eigenvalue weighted by Gasteiger charge is -2.35. The third-order valence-electron chi connectivity index (χ3n) is 3.88. The molecule has 6 heteroatoms. The third kappa shape index (κ3) is 1.70. The Hall–Kier alpha value is -1.98. The predicted octanol–water partition coefficient (Wildman–Crippen LogP) is 0.434. The van der Waals surface area contributed by atoms with Crippen LogP contribution in [0.2, 0.25) is 0 Å². The zero-order valence-corrected chi connectivity index (χ0v) is 10.2. The maximum Gasteiger partial charge on any atom is 0.285 e. The van der Waals surface area contributed by atoms with Crippen LogP contribution >= 0.6 is 0 Å². The number of imide groups is 1. The molecule has 19 heavy (non-hydrogen) atoms. The van der Waals surface area contributed by atoms with Crippen molar-refractivity contribution in [2.24, 2.45) is 5.92 Å². The average molecular weight is 264 g/mol. The molecule has 0 aromatic heterocycles. The number of allylic oxidation sites excluding steroid dienone is 3. The van der Waals surface area contributed by atoms with Crippen LogP contribution in [-0.4, -0.2) is 35.0 Å².